The van der Waals surface area contributed by atoms with Gasteiger partial charge in [-0.25, -0.2) is 9.40 Å². The second-order valence-corrected chi connectivity index (χ2v) is 9.04. The number of hydrazine groups is 1. The van der Waals surface area contributed by atoms with Crippen LogP contribution >= 0.6 is 0 Å². The molecule has 0 aromatic heterocycles. The SMILES string of the molecule is C=C.C=C/C(F)=C\C=C(/C)COCCN(C)CC(N)N(CC=O)C(=O)CN(C)NCc1ccccc1.CCCC. The molecular weight excluding hydrogens is 509 g/mol. The zero-order valence-corrected chi connectivity index (χ0v) is 25.3. The average Bonchev–Trinajstić information content (AvgIpc) is 2.97. The predicted molar refractivity (Wildman–Crippen MR) is 165 cm³/mol. The fraction of sp³-hybridized carbons (Fsp3) is 0.484. The molecule has 40 heavy (non-hydrogen) atoms. The van der Waals surface area contributed by atoms with E-state index in [2.05, 4.69) is 39.0 Å². The normalized spacial score (nSPS) is 12.1. The van der Waals surface area contributed by atoms with Crippen molar-refractivity contribution in [2.24, 2.45) is 5.73 Å². The summed E-state index contributed by atoms with van der Waals surface area (Å²) in [7, 11) is 3.64. The van der Waals surface area contributed by atoms with Gasteiger partial charge in [-0.15, -0.1) is 13.2 Å². The van der Waals surface area contributed by atoms with Crippen LogP contribution in [0.1, 0.15) is 39.2 Å². The Morgan fingerprint density at radius 2 is 1.77 bits per heavy atom. The highest BCUT2D eigenvalue weighted by atomic mass is 19.1. The van der Waals surface area contributed by atoms with E-state index in [0.29, 0.717) is 39.1 Å². The van der Waals surface area contributed by atoms with Gasteiger partial charge in [-0.2, -0.15) is 0 Å². The molecule has 0 aliphatic heterocycles. The summed E-state index contributed by atoms with van der Waals surface area (Å²) in [4.78, 5) is 27.2. The molecule has 9 heteroatoms. The van der Waals surface area contributed by atoms with Gasteiger partial charge in [0.15, 0.2) is 0 Å². The summed E-state index contributed by atoms with van der Waals surface area (Å²) in [6.45, 7) is 17.9. The lowest BCUT2D eigenvalue weighted by Gasteiger charge is -2.32. The van der Waals surface area contributed by atoms with Crippen LogP contribution < -0.4 is 11.2 Å². The quantitative estimate of drug-likeness (QED) is 0.0682. The smallest absolute Gasteiger partial charge is 0.239 e. The number of allylic oxidation sites excluding steroid dienone is 4. The molecule has 0 aliphatic rings. The first-order valence-corrected chi connectivity index (χ1v) is 13.6. The summed E-state index contributed by atoms with van der Waals surface area (Å²) in [5, 5.41) is 1.68. The fourth-order valence-corrected chi connectivity index (χ4v) is 2.97. The van der Waals surface area contributed by atoms with Crippen LogP contribution in [-0.2, 0) is 20.9 Å². The summed E-state index contributed by atoms with van der Waals surface area (Å²) >= 11 is 0. The monoisotopic (exact) mass is 561 g/mol. The van der Waals surface area contributed by atoms with Crippen LogP contribution in [0.4, 0.5) is 4.39 Å². The largest absolute Gasteiger partial charge is 0.376 e. The molecule has 1 aromatic rings. The number of nitrogens with one attached hydrogen (secondary N) is 1. The maximum absolute atomic E-state index is 13.0. The molecular formula is C31H52FN5O3. The first-order chi connectivity index (χ1) is 19.2. The Balaban J connectivity index is 0. The Kier molecular flexibility index (Phi) is 25.8. The standard InChI is InChI=1S/C25H38FN5O3.C4H10.C2H4/c1-5-23(26)12-11-21(2)20-34-16-14-29(3)18-24(27)31(13-15-32)25(33)19-30(4)28-17-22-9-7-6-8-10-22;1-3-4-2;1-2/h5-12,15,24,28H,1,13-14,16-20,27H2,2-4H3;3-4H2,1-2H3;1-2H2/b21-11+,23-12+;;. The minimum absolute atomic E-state index is 0.0738. The minimum Gasteiger partial charge on any atom is -0.376 e. The average molecular weight is 562 g/mol. The van der Waals surface area contributed by atoms with E-state index in [1.54, 1.807) is 18.1 Å². The van der Waals surface area contributed by atoms with E-state index < -0.39 is 12.0 Å². The number of nitrogens with zero attached hydrogens (tertiary/aromatic N) is 3. The molecule has 0 radical (unpaired) electrons. The second-order valence-electron chi connectivity index (χ2n) is 9.04. The Hall–Kier alpha value is -2.95. The lowest BCUT2D eigenvalue weighted by Crippen LogP contribution is -2.55. The third-order valence-corrected chi connectivity index (χ3v) is 5.43. The molecule has 0 bridgehead atoms. The summed E-state index contributed by atoms with van der Waals surface area (Å²) in [6.07, 6.45) is 6.80. The summed E-state index contributed by atoms with van der Waals surface area (Å²) < 4.78 is 18.7. The number of carbonyl (C=O) groups excluding carboxylic acids is 2. The van der Waals surface area contributed by atoms with E-state index >= 15 is 0 Å². The van der Waals surface area contributed by atoms with Gasteiger partial charge in [-0.3, -0.25) is 10.2 Å². The Bertz CT molecular complexity index is 862. The highest BCUT2D eigenvalue weighted by Gasteiger charge is 2.22. The van der Waals surface area contributed by atoms with Crippen molar-refractivity contribution in [3.63, 3.8) is 0 Å². The van der Waals surface area contributed by atoms with Crippen molar-refractivity contribution in [2.45, 2.75) is 46.3 Å². The van der Waals surface area contributed by atoms with Gasteiger partial charge in [-0.1, -0.05) is 69.7 Å². The van der Waals surface area contributed by atoms with E-state index in [9.17, 15) is 14.0 Å². The molecule has 1 rings (SSSR count). The highest BCUT2D eigenvalue weighted by molar-refractivity contribution is 5.80. The van der Waals surface area contributed by atoms with Gasteiger partial charge in [-0.05, 0) is 37.3 Å². The molecule has 3 N–H and O–H groups in total. The predicted octanol–water partition coefficient (Wildman–Crippen LogP) is 4.48. The topological polar surface area (TPSA) is 91.1 Å². The number of halogens is 1. The number of hydrogen-bond donors (Lipinski definition) is 2. The van der Waals surface area contributed by atoms with Crippen LogP contribution in [0.2, 0.25) is 0 Å². The Morgan fingerprint density at radius 3 is 2.33 bits per heavy atom. The lowest BCUT2D eigenvalue weighted by atomic mass is 10.2. The summed E-state index contributed by atoms with van der Waals surface area (Å²) in [5.41, 5.74) is 11.4. The van der Waals surface area contributed by atoms with Crippen LogP contribution in [0.3, 0.4) is 0 Å². The van der Waals surface area contributed by atoms with Gasteiger partial charge < -0.3 is 25.1 Å². The zero-order chi connectivity index (χ0) is 30.8. The third-order valence-electron chi connectivity index (χ3n) is 5.43. The first kappa shape index (κ1) is 39.2. The molecule has 0 fully saturated rings. The molecule has 0 aliphatic carbocycles. The van der Waals surface area contributed by atoms with Crippen LogP contribution in [-0.4, -0.2) is 86.7 Å². The second kappa shape index (κ2) is 26.3. The van der Waals surface area contributed by atoms with Gasteiger partial charge in [0.1, 0.15) is 12.1 Å². The van der Waals surface area contributed by atoms with Gasteiger partial charge in [0.05, 0.1) is 32.5 Å². The number of amides is 1. The van der Waals surface area contributed by atoms with Gasteiger partial charge in [0, 0.05) is 26.7 Å². The van der Waals surface area contributed by atoms with E-state index in [-0.39, 0.29) is 19.0 Å². The van der Waals surface area contributed by atoms with E-state index in [1.165, 1.54) is 23.8 Å². The Labute approximate surface area is 242 Å². The molecule has 8 nitrogen and oxygen atoms in total. The van der Waals surface area contributed by atoms with Crippen LogP contribution in [0.15, 0.2) is 79.7 Å². The number of aldehydes is 1. The molecule has 0 saturated carbocycles. The maximum atomic E-state index is 13.0. The van der Waals surface area contributed by atoms with Crippen molar-refractivity contribution in [3.05, 3.63) is 85.3 Å². The molecule has 1 aromatic carbocycles. The van der Waals surface area contributed by atoms with Crippen molar-refractivity contribution in [1.29, 1.82) is 0 Å². The van der Waals surface area contributed by atoms with Crippen molar-refractivity contribution >= 4 is 12.2 Å². The van der Waals surface area contributed by atoms with Gasteiger partial charge >= 0.3 is 0 Å². The van der Waals surface area contributed by atoms with Crippen LogP contribution in [0, 0.1) is 0 Å². The molecule has 1 unspecified atom stereocenters. The summed E-state index contributed by atoms with van der Waals surface area (Å²) in [6, 6.07) is 9.84. The van der Waals surface area contributed by atoms with Gasteiger partial charge in [0.25, 0.3) is 0 Å². The molecule has 0 heterocycles. The maximum Gasteiger partial charge on any atom is 0.239 e. The van der Waals surface area contributed by atoms with Gasteiger partial charge in [0.2, 0.25) is 5.91 Å². The number of unbranched alkanes of at least 4 members (excludes halogenated alkanes) is 1. The van der Waals surface area contributed by atoms with Crippen molar-refractivity contribution in [3.8, 4) is 0 Å². The van der Waals surface area contributed by atoms with Crippen LogP contribution in [0.25, 0.3) is 0 Å². The number of ether oxygens (including phenoxy) is 1. The summed E-state index contributed by atoms with van der Waals surface area (Å²) in [5.74, 6) is -0.645. The third kappa shape index (κ3) is 20.9. The van der Waals surface area contributed by atoms with E-state index in [4.69, 9.17) is 10.5 Å². The number of likely N-dealkylation sites (N-methyl/N-ethyl adjacent to an activating group) is 2. The lowest BCUT2D eigenvalue weighted by molar-refractivity contribution is -0.137. The van der Waals surface area contributed by atoms with E-state index in [0.717, 1.165) is 17.2 Å². The van der Waals surface area contributed by atoms with Crippen LogP contribution in [0.5, 0.6) is 0 Å². The van der Waals surface area contributed by atoms with E-state index in [1.807, 2.05) is 49.2 Å². The minimum atomic E-state index is -0.640. The fourth-order valence-electron chi connectivity index (χ4n) is 2.97. The number of carbonyl (C=O) groups is 2. The first-order valence-electron chi connectivity index (χ1n) is 13.6. The number of rotatable bonds is 18. The van der Waals surface area contributed by atoms with Crippen molar-refractivity contribution in [2.75, 3.05) is 53.5 Å². The molecule has 0 saturated heterocycles. The van der Waals surface area contributed by atoms with Crippen molar-refractivity contribution < 1.29 is 18.7 Å². The molecule has 226 valence electrons. The zero-order valence-electron chi connectivity index (χ0n) is 25.3. The number of nitrogens with two attached hydrogens (primary N) is 1. The number of benzene rings is 1. The Morgan fingerprint density at radius 1 is 1.15 bits per heavy atom. The molecule has 0 spiro atoms. The molecule has 1 atom stereocenters. The molecule has 1 amide bonds. The highest BCUT2D eigenvalue weighted by Crippen LogP contribution is 2.02. The number of hydrogen-bond acceptors (Lipinski definition) is 7. The van der Waals surface area contributed by atoms with Crippen molar-refractivity contribution in [1.82, 2.24) is 20.2 Å².